The van der Waals surface area contributed by atoms with Crippen molar-refractivity contribution in [2.24, 2.45) is 0 Å². The molecular formula is C19H19F3N4O3. The maximum Gasteiger partial charge on any atom is 0.453 e. The Labute approximate surface area is 164 Å². The second kappa shape index (κ2) is 8.46. The minimum atomic E-state index is -4.65. The number of hydrogen-bond acceptors (Lipinski definition) is 6. The Hall–Kier alpha value is -3.17. The van der Waals surface area contributed by atoms with Crippen molar-refractivity contribution >= 4 is 11.7 Å². The molecule has 2 heterocycles. The van der Waals surface area contributed by atoms with Crippen LogP contribution in [0.25, 0.3) is 5.78 Å². The lowest BCUT2D eigenvalue weighted by Gasteiger charge is -2.10. The summed E-state index contributed by atoms with van der Waals surface area (Å²) in [6.45, 7) is 3.59. The van der Waals surface area contributed by atoms with Gasteiger partial charge in [-0.05, 0) is 38.0 Å². The Balaban J connectivity index is 1.57. The van der Waals surface area contributed by atoms with E-state index in [0.717, 1.165) is 4.52 Å². The van der Waals surface area contributed by atoms with Gasteiger partial charge in [0.25, 0.3) is 11.6 Å². The molecule has 1 aromatic carbocycles. The number of aryl methyl sites for hydroxylation is 2. The van der Waals surface area contributed by atoms with Gasteiger partial charge >= 0.3 is 12.1 Å². The minimum absolute atomic E-state index is 0.0566. The molecule has 10 heteroatoms. The molecule has 0 atom stereocenters. The molecule has 0 saturated heterocycles. The largest absolute Gasteiger partial charge is 0.490 e. The molecule has 3 aromatic rings. The lowest BCUT2D eigenvalue weighted by molar-refractivity contribution is -0.145. The van der Waals surface area contributed by atoms with E-state index < -0.39 is 18.0 Å². The number of benzene rings is 1. The summed E-state index contributed by atoms with van der Waals surface area (Å²) < 4.78 is 50.1. The second-order valence-electron chi connectivity index (χ2n) is 6.29. The van der Waals surface area contributed by atoms with E-state index in [1.165, 1.54) is 0 Å². The topological polar surface area (TPSA) is 78.6 Å². The van der Waals surface area contributed by atoms with E-state index in [2.05, 4.69) is 15.1 Å². The van der Waals surface area contributed by atoms with E-state index in [-0.39, 0.29) is 31.8 Å². The number of esters is 1. The number of para-hydroxylation sites is 1. The van der Waals surface area contributed by atoms with E-state index in [1.807, 2.05) is 18.2 Å². The second-order valence-corrected chi connectivity index (χ2v) is 6.29. The highest BCUT2D eigenvalue weighted by Crippen LogP contribution is 2.27. The smallest absolute Gasteiger partial charge is 0.453 e. The number of ether oxygens (including phenoxy) is 2. The molecule has 0 amide bonds. The molecule has 29 heavy (non-hydrogen) atoms. The molecule has 0 radical (unpaired) electrons. The van der Waals surface area contributed by atoms with Gasteiger partial charge in [0.1, 0.15) is 19.0 Å². The van der Waals surface area contributed by atoms with Crippen molar-refractivity contribution in [3.05, 3.63) is 53.1 Å². The average Bonchev–Trinajstić information content (AvgIpc) is 3.10. The lowest BCUT2D eigenvalue weighted by Crippen LogP contribution is -2.14. The standard InChI is InChI=1S/C19H19F3N4O3/c1-12-15(13(2)26-18(23-12)24-17(25-26)19(20,21)22)8-9-16(27)29-11-10-28-14-6-4-3-5-7-14/h3-7H,8-11H2,1-2H3. The lowest BCUT2D eigenvalue weighted by atomic mass is 10.1. The van der Waals surface area contributed by atoms with Crippen LogP contribution < -0.4 is 4.74 Å². The third kappa shape index (κ3) is 5.01. The summed E-state index contributed by atoms with van der Waals surface area (Å²) in [5.74, 6) is -1.13. The fraction of sp³-hybridized carbons (Fsp3) is 0.368. The summed E-state index contributed by atoms with van der Waals surface area (Å²) in [7, 11) is 0. The molecule has 0 unspecified atom stereocenters. The Morgan fingerprint density at radius 2 is 1.83 bits per heavy atom. The van der Waals surface area contributed by atoms with Crippen LogP contribution in [-0.2, 0) is 22.1 Å². The zero-order valence-corrected chi connectivity index (χ0v) is 15.9. The van der Waals surface area contributed by atoms with Crippen LogP contribution >= 0.6 is 0 Å². The van der Waals surface area contributed by atoms with Crippen LogP contribution in [-0.4, -0.2) is 38.8 Å². The van der Waals surface area contributed by atoms with Gasteiger partial charge in [0.15, 0.2) is 0 Å². The highest BCUT2D eigenvalue weighted by Gasteiger charge is 2.36. The molecule has 0 N–H and O–H groups in total. The molecule has 0 fully saturated rings. The first-order chi connectivity index (χ1) is 13.8. The van der Waals surface area contributed by atoms with Gasteiger partial charge in [0, 0.05) is 17.8 Å². The van der Waals surface area contributed by atoms with Crippen molar-refractivity contribution in [1.29, 1.82) is 0 Å². The van der Waals surface area contributed by atoms with Gasteiger partial charge in [-0.3, -0.25) is 4.79 Å². The third-order valence-electron chi connectivity index (χ3n) is 4.24. The minimum Gasteiger partial charge on any atom is -0.490 e. The molecule has 0 aliphatic heterocycles. The average molecular weight is 408 g/mol. The van der Waals surface area contributed by atoms with E-state index in [1.54, 1.807) is 26.0 Å². The van der Waals surface area contributed by atoms with E-state index in [4.69, 9.17) is 9.47 Å². The van der Waals surface area contributed by atoms with Crippen LogP contribution in [0.3, 0.4) is 0 Å². The quantitative estimate of drug-likeness (QED) is 0.441. The maximum atomic E-state index is 12.8. The Kier molecular flexibility index (Phi) is 6.00. The number of hydrogen-bond donors (Lipinski definition) is 0. The van der Waals surface area contributed by atoms with Gasteiger partial charge in [0.2, 0.25) is 0 Å². The summed E-state index contributed by atoms with van der Waals surface area (Å²) in [6.07, 6.45) is -4.33. The zero-order chi connectivity index (χ0) is 21.0. The Morgan fingerprint density at radius 1 is 1.10 bits per heavy atom. The number of carbonyl (C=O) groups is 1. The van der Waals surface area contributed by atoms with Crippen LogP contribution in [0.1, 0.15) is 29.2 Å². The first kappa shape index (κ1) is 20.6. The number of carbonyl (C=O) groups excluding carboxylic acids is 1. The van der Waals surface area contributed by atoms with E-state index in [9.17, 15) is 18.0 Å². The van der Waals surface area contributed by atoms with Gasteiger partial charge in [-0.1, -0.05) is 18.2 Å². The molecular weight excluding hydrogens is 389 g/mol. The van der Waals surface area contributed by atoms with E-state index >= 15 is 0 Å². The van der Waals surface area contributed by atoms with Crippen molar-refractivity contribution < 1.29 is 27.4 Å². The predicted molar refractivity (Wildman–Crippen MR) is 96.5 cm³/mol. The van der Waals surface area contributed by atoms with Crippen LogP contribution in [0.5, 0.6) is 5.75 Å². The molecule has 7 nitrogen and oxygen atoms in total. The molecule has 0 spiro atoms. The predicted octanol–water partition coefficient (Wildman–Crippen LogP) is 3.31. The van der Waals surface area contributed by atoms with Gasteiger partial charge in [-0.15, -0.1) is 5.10 Å². The number of rotatable bonds is 7. The van der Waals surface area contributed by atoms with Gasteiger partial charge < -0.3 is 9.47 Å². The highest BCUT2D eigenvalue weighted by atomic mass is 19.4. The van der Waals surface area contributed by atoms with Crippen LogP contribution in [0.15, 0.2) is 30.3 Å². The zero-order valence-electron chi connectivity index (χ0n) is 15.9. The van der Waals surface area contributed by atoms with E-state index in [0.29, 0.717) is 22.7 Å². The number of halogens is 3. The van der Waals surface area contributed by atoms with Gasteiger partial charge in [0.05, 0.1) is 0 Å². The maximum absolute atomic E-state index is 12.8. The first-order valence-electron chi connectivity index (χ1n) is 8.89. The molecule has 2 aromatic heterocycles. The number of nitrogens with zero attached hydrogens (tertiary/aromatic N) is 4. The summed E-state index contributed by atoms with van der Waals surface area (Å²) in [6, 6.07) is 9.13. The summed E-state index contributed by atoms with van der Waals surface area (Å²) in [4.78, 5) is 19.5. The van der Waals surface area contributed by atoms with Gasteiger partial charge in [-0.2, -0.15) is 18.2 Å². The van der Waals surface area contributed by atoms with Crippen LogP contribution in [0, 0.1) is 13.8 Å². The number of alkyl halides is 3. The summed E-state index contributed by atoms with van der Waals surface area (Å²) >= 11 is 0. The summed E-state index contributed by atoms with van der Waals surface area (Å²) in [5.41, 5.74) is 1.58. The molecule has 154 valence electrons. The summed E-state index contributed by atoms with van der Waals surface area (Å²) in [5, 5.41) is 3.49. The van der Waals surface area contributed by atoms with Crippen LogP contribution in [0.2, 0.25) is 0 Å². The van der Waals surface area contributed by atoms with Gasteiger partial charge in [-0.25, -0.2) is 9.50 Å². The molecule has 0 bridgehead atoms. The number of aromatic nitrogens is 4. The monoisotopic (exact) mass is 408 g/mol. The fourth-order valence-electron chi connectivity index (χ4n) is 2.82. The fourth-order valence-corrected chi connectivity index (χ4v) is 2.82. The normalized spacial score (nSPS) is 11.6. The molecule has 0 saturated carbocycles. The SMILES string of the molecule is Cc1nc2nc(C(F)(F)F)nn2c(C)c1CCC(=O)OCCOc1ccccc1. The number of fused-ring (bicyclic) bond motifs is 1. The molecule has 0 aliphatic rings. The van der Waals surface area contributed by atoms with Crippen molar-refractivity contribution in [3.63, 3.8) is 0 Å². The van der Waals surface area contributed by atoms with Crippen molar-refractivity contribution in [2.45, 2.75) is 32.9 Å². The van der Waals surface area contributed by atoms with Crippen LogP contribution in [0.4, 0.5) is 13.2 Å². The Morgan fingerprint density at radius 3 is 2.52 bits per heavy atom. The first-order valence-corrected chi connectivity index (χ1v) is 8.89. The molecule has 3 rings (SSSR count). The third-order valence-corrected chi connectivity index (χ3v) is 4.24. The van der Waals surface area contributed by atoms with Crippen molar-refractivity contribution in [2.75, 3.05) is 13.2 Å². The van der Waals surface area contributed by atoms with Crippen molar-refractivity contribution in [3.8, 4) is 5.75 Å². The molecule has 0 aliphatic carbocycles. The highest BCUT2D eigenvalue weighted by molar-refractivity contribution is 5.69. The Bertz CT molecular complexity index is 1000. The van der Waals surface area contributed by atoms with Crippen molar-refractivity contribution in [1.82, 2.24) is 19.6 Å².